The molecule has 16 heteroatoms. The van der Waals surface area contributed by atoms with Gasteiger partial charge in [-0.15, -0.1) is 0 Å². The summed E-state index contributed by atoms with van der Waals surface area (Å²) >= 11 is 0. The SMILES string of the molecule is CO[C@@H]1O[C@H](COCc2ccccc2)[C@H](O[C@H]2O[C@@H]([C@H](O)CO)[C@H](OCc3ccccc3)[C@H]2O[C@H]2O[C@@H]([C@H](O)CO)[C@H](OCc3ccccc3)[C@H]2O)[C@H](OCc2ccccc2)[C@H]1OCc1ccccc1. The molecule has 0 unspecified atom stereocenters. The van der Waals surface area contributed by atoms with Gasteiger partial charge in [-0.25, -0.2) is 0 Å². The summed E-state index contributed by atoms with van der Waals surface area (Å²) in [6.45, 7) is -0.817. The van der Waals surface area contributed by atoms with Crippen LogP contribution in [0.2, 0.25) is 0 Å². The van der Waals surface area contributed by atoms with Crippen LogP contribution in [0.4, 0.5) is 0 Å². The lowest BCUT2D eigenvalue weighted by Crippen LogP contribution is -2.63. The Labute approximate surface area is 408 Å². The summed E-state index contributed by atoms with van der Waals surface area (Å²) in [5.41, 5.74) is 4.28. The molecule has 16 nitrogen and oxygen atoms in total. The molecule has 0 spiro atoms. The van der Waals surface area contributed by atoms with Gasteiger partial charge < -0.3 is 77.6 Å². The van der Waals surface area contributed by atoms with Gasteiger partial charge in [0.15, 0.2) is 18.9 Å². The summed E-state index contributed by atoms with van der Waals surface area (Å²) in [5, 5.41) is 54.9. The van der Waals surface area contributed by atoms with Crippen LogP contribution in [-0.4, -0.2) is 145 Å². The first kappa shape index (κ1) is 51.8. The molecule has 5 aromatic carbocycles. The maximum absolute atomic E-state index is 12.0. The topological polar surface area (TPSA) is 203 Å². The Morgan fingerprint density at radius 3 is 1.27 bits per heavy atom. The maximum Gasteiger partial charge on any atom is 0.187 e. The van der Waals surface area contributed by atoms with Crippen molar-refractivity contribution in [2.45, 2.75) is 125 Å². The molecule has 3 fully saturated rings. The summed E-state index contributed by atoms with van der Waals surface area (Å²) in [4.78, 5) is 0. The monoisotopic (exact) mass is 968 g/mol. The molecule has 0 aromatic heterocycles. The van der Waals surface area contributed by atoms with Crippen LogP contribution in [0.5, 0.6) is 0 Å². The average molecular weight is 969 g/mol. The van der Waals surface area contributed by atoms with Gasteiger partial charge >= 0.3 is 0 Å². The third kappa shape index (κ3) is 13.5. The van der Waals surface area contributed by atoms with Crippen LogP contribution in [0.1, 0.15) is 27.8 Å². The van der Waals surface area contributed by atoms with Crippen molar-refractivity contribution in [2.24, 2.45) is 0 Å². The fourth-order valence-corrected chi connectivity index (χ4v) is 8.86. The highest BCUT2D eigenvalue weighted by Gasteiger charge is 2.58. The van der Waals surface area contributed by atoms with E-state index in [1.807, 2.05) is 152 Å². The van der Waals surface area contributed by atoms with Crippen molar-refractivity contribution < 1.29 is 77.6 Å². The molecule has 8 rings (SSSR count). The Morgan fingerprint density at radius 1 is 0.429 bits per heavy atom. The van der Waals surface area contributed by atoms with Gasteiger partial charge in [-0.05, 0) is 27.8 Å². The second-order valence-electron chi connectivity index (χ2n) is 17.5. The summed E-state index contributed by atoms with van der Waals surface area (Å²) in [5.74, 6) is 0. The Kier molecular flexibility index (Phi) is 19.4. The number of hydrogen-bond acceptors (Lipinski definition) is 16. The molecule has 376 valence electrons. The molecule has 5 N–H and O–H groups in total. The lowest BCUT2D eigenvalue weighted by molar-refractivity contribution is -0.347. The minimum Gasteiger partial charge on any atom is -0.394 e. The molecule has 3 aliphatic rings. The van der Waals surface area contributed by atoms with Crippen molar-refractivity contribution >= 4 is 0 Å². The maximum atomic E-state index is 12.0. The van der Waals surface area contributed by atoms with Gasteiger partial charge in [0.05, 0.1) is 52.9 Å². The molecule has 5 aromatic rings. The zero-order valence-corrected chi connectivity index (χ0v) is 39.0. The largest absolute Gasteiger partial charge is 0.394 e. The molecule has 70 heavy (non-hydrogen) atoms. The van der Waals surface area contributed by atoms with Crippen molar-refractivity contribution in [1.29, 1.82) is 0 Å². The molecule has 3 heterocycles. The normalized spacial score (nSPS) is 29.8. The van der Waals surface area contributed by atoms with Gasteiger partial charge in [0.2, 0.25) is 0 Å². The smallest absolute Gasteiger partial charge is 0.187 e. The lowest BCUT2D eigenvalue weighted by atomic mass is 9.97. The van der Waals surface area contributed by atoms with E-state index in [1.165, 1.54) is 7.11 Å². The zero-order valence-electron chi connectivity index (χ0n) is 39.0. The highest BCUT2D eigenvalue weighted by Crippen LogP contribution is 2.39. The lowest BCUT2D eigenvalue weighted by Gasteiger charge is -2.46. The highest BCUT2D eigenvalue weighted by atomic mass is 16.8. The predicted octanol–water partition coefficient (Wildman–Crippen LogP) is 4.20. The van der Waals surface area contributed by atoms with Crippen LogP contribution >= 0.6 is 0 Å². The van der Waals surface area contributed by atoms with Crippen LogP contribution < -0.4 is 0 Å². The Bertz CT molecular complexity index is 2210. The van der Waals surface area contributed by atoms with Crippen LogP contribution in [0.15, 0.2) is 152 Å². The van der Waals surface area contributed by atoms with Crippen LogP contribution in [0.25, 0.3) is 0 Å². The molecule has 0 amide bonds. The third-order valence-electron chi connectivity index (χ3n) is 12.5. The number of benzene rings is 5. The van der Waals surface area contributed by atoms with Crippen LogP contribution in [0.3, 0.4) is 0 Å². The van der Waals surface area contributed by atoms with E-state index >= 15 is 0 Å². The van der Waals surface area contributed by atoms with Crippen molar-refractivity contribution in [3.63, 3.8) is 0 Å². The van der Waals surface area contributed by atoms with E-state index < -0.39 is 105 Å². The van der Waals surface area contributed by atoms with E-state index in [0.29, 0.717) is 0 Å². The minimum absolute atomic E-state index is 0.0174. The number of methoxy groups -OCH3 is 1. The first-order valence-corrected chi connectivity index (χ1v) is 23.6. The molecular weight excluding hydrogens is 905 g/mol. The van der Waals surface area contributed by atoms with E-state index in [9.17, 15) is 25.5 Å². The van der Waals surface area contributed by atoms with Gasteiger partial charge in [-0.1, -0.05) is 152 Å². The minimum atomic E-state index is -1.52. The van der Waals surface area contributed by atoms with Gasteiger partial charge in [0, 0.05) is 7.11 Å². The van der Waals surface area contributed by atoms with Gasteiger partial charge in [-0.2, -0.15) is 0 Å². The number of aliphatic hydroxyl groups excluding tert-OH is 5. The molecule has 15 atom stereocenters. The Hall–Kier alpha value is -4.54. The quantitative estimate of drug-likeness (QED) is 0.0557. The number of aliphatic hydroxyl groups is 5. The van der Waals surface area contributed by atoms with Crippen LogP contribution in [0, 0.1) is 0 Å². The molecule has 0 saturated carbocycles. The second-order valence-corrected chi connectivity index (χ2v) is 17.5. The van der Waals surface area contributed by atoms with Gasteiger partial charge in [-0.3, -0.25) is 0 Å². The van der Waals surface area contributed by atoms with E-state index in [0.717, 1.165) is 27.8 Å². The van der Waals surface area contributed by atoms with E-state index in [4.69, 9.17) is 52.1 Å². The molecule has 0 bridgehead atoms. The fourth-order valence-electron chi connectivity index (χ4n) is 8.86. The van der Waals surface area contributed by atoms with Gasteiger partial charge in [0.1, 0.15) is 73.2 Å². The van der Waals surface area contributed by atoms with E-state index in [1.54, 1.807) is 0 Å². The zero-order chi connectivity index (χ0) is 48.7. The highest BCUT2D eigenvalue weighted by molar-refractivity contribution is 5.17. The number of rotatable bonds is 25. The summed E-state index contributed by atoms with van der Waals surface area (Å²) in [6.07, 6.45) is -18.4. The molecule has 3 aliphatic heterocycles. The summed E-state index contributed by atoms with van der Waals surface area (Å²) in [6, 6.07) is 47.5. The number of ether oxygens (including phenoxy) is 11. The van der Waals surface area contributed by atoms with E-state index in [-0.39, 0.29) is 39.6 Å². The van der Waals surface area contributed by atoms with Crippen LogP contribution in [-0.2, 0) is 85.1 Å². The third-order valence-corrected chi connectivity index (χ3v) is 12.5. The second kappa shape index (κ2) is 26.2. The Balaban J connectivity index is 1.15. The van der Waals surface area contributed by atoms with Gasteiger partial charge in [0.25, 0.3) is 0 Å². The number of hydrogen-bond donors (Lipinski definition) is 5. The van der Waals surface area contributed by atoms with Crippen molar-refractivity contribution in [3.05, 3.63) is 179 Å². The summed E-state index contributed by atoms with van der Waals surface area (Å²) < 4.78 is 71.9. The van der Waals surface area contributed by atoms with E-state index in [2.05, 4.69) is 0 Å². The van der Waals surface area contributed by atoms with Crippen molar-refractivity contribution in [3.8, 4) is 0 Å². The molecule has 3 saturated heterocycles. The standard InChI is InChI=1S/C54H64O16/c1-60-53-50(65-33-39-25-15-6-16-26-39)49(64-32-38-23-13-5-14-24-38)46(42(66-53)34-61-29-35-17-7-2-8-18-35)69-54-51(48(45(68-54)41(58)28-56)63-31-37-21-11-4-12-22-37)70-52-43(59)47(44(67-52)40(57)27-55)62-30-36-19-9-3-10-20-36/h2-26,40-59H,27-34H2,1H3/t40-,41-,42-,43-,44+,45+,46+,47-,48+,49+,50-,51-,52-,53-,54-/m1/s1. The molecule has 0 aliphatic carbocycles. The first-order valence-electron chi connectivity index (χ1n) is 23.6. The first-order chi connectivity index (χ1) is 34.3. The Morgan fingerprint density at radius 2 is 0.814 bits per heavy atom. The predicted molar refractivity (Wildman–Crippen MR) is 251 cm³/mol. The average Bonchev–Trinajstić information content (AvgIpc) is 3.92. The van der Waals surface area contributed by atoms with Crippen molar-refractivity contribution in [2.75, 3.05) is 26.9 Å². The fraction of sp³-hybridized carbons (Fsp3) is 0.444. The molecular formula is C54H64O16. The summed E-state index contributed by atoms with van der Waals surface area (Å²) in [7, 11) is 1.52. The van der Waals surface area contributed by atoms with Crippen molar-refractivity contribution in [1.82, 2.24) is 0 Å². The molecule has 0 radical (unpaired) electrons.